The summed E-state index contributed by atoms with van der Waals surface area (Å²) in [7, 11) is -3.22. The minimum absolute atomic E-state index is 0.131. The van der Waals surface area contributed by atoms with Crippen LogP contribution in [0, 0.1) is 0 Å². The van der Waals surface area contributed by atoms with Crippen molar-refractivity contribution in [2.24, 2.45) is 0 Å². The third-order valence-corrected chi connectivity index (χ3v) is 3.40. The summed E-state index contributed by atoms with van der Waals surface area (Å²) in [6, 6.07) is 0. The highest BCUT2D eigenvalue weighted by Crippen LogP contribution is 2.70. The van der Waals surface area contributed by atoms with Crippen LogP contribution in [0.3, 0.4) is 0 Å². The highest BCUT2D eigenvalue weighted by molar-refractivity contribution is 7.50. The topological polar surface area (TPSA) is 54.0 Å². The fourth-order valence-electron chi connectivity index (χ4n) is 1.42. The van der Waals surface area contributed by atoms with Gasteiger partial charge in [-0.25, -0.2) is 0 Å². The van der Waals surface area contributed by atoms with Crippen LogP contribution in [0.15, 0.2) is 11.9 Å². The number of unbranched alkanes of at least 4 members (excludes halogenated alkanes) is 4. The van der Waals surface area contributed by atoms with E-state index in [0.29, 0.717) is 6.61 Å². The number of hydrogen-bond donors (Lipinski definition) is 0. The lowest BCUT2D eigenvalue weighted by molar-refractivity contribution is 0.0983. The van der Waals surface area contributed by atoms with Gasteiger partial charge >= 0.3 is 19.7 Å². The molecule has 3 aliphatic heterocycles. The van der Waals surface area contributed by atoms with Crippen LogP contribution in [-0.2, 0) is 22.9 Å². The van der Waals surface area contributed by atoms with Gasteiger partial charge in [0.05, 0.1) is 6.61 Å². The second-order valence-corrected chi connectivity index (χ2v) is 5.00. The summed E-state index contributed by atoms with van der Waals surface area (Å²) < 4.78 is 30.6. The average Bonchev–Trinajstić information content (AvgIpc) is 2.63. The summed E-state index contributed by atoms with van der Waals surface area (Å²) in [5.41, 5.74) is 0. The van der Waals surface area contributed by atoms with Gasteiger partial charge in [0.25, 0.3) is 0 Å². The third kappa shape index (κ3) is 2.40. The molecule has 0 unspecified atom stereocenters. The molecule has 0 atom stereocenters. The molecule has 3 aliphatic rings. The van der Waals surface area contributed by atoms with E-state index in [-0.39, 0.29) is 11.9 Å². The van der Waals surface area contributed by atoms with E-state index in [2.05, 4.69) is 6.92 Å². The quantitative estimate of drug-likeness (QED) is 0.499. The molecule has 86 valence electrons. The Morgan fingerprint density at radius 1 is 1.13 bits per heavy atom. The van der Waals surface area contributed by atoms with Crippen molar-refractivity contribution in [2.45, 2.75) is 39.0 Å². The maximum Gasteiger partial charge on any atom is 0.654 e. The van der Waals surface area contributed by atoms with Crippen LogP contribution in [0.2, 0.25) is 0 Å². The Morgan fingerprint density at radius 3 is 2.47 bits per heavy atom. The zero-order chi connectivity index (χ0) is 10.7. The molecule has 1 fully saturated rings. The van der Waals surface area contributed by atoms with Crippen LogP contribution >= 0.6 is 7.82 Å². The minimum atomic E-state index is -3.22. The molecule has 2 bridgehead atoms. The zero-order valence-corrected chi connectivity index (χ0v) is 9.63. The molecule has 0 spiro atoms. The molecule has 15 heavy (non-hydrogen) atoms. The first-order valence-corrected chi connectivity index (χ1v) is 6.75. The number of phosphoric ester groups is 1. The van der Waals surface area contributed by atoms with Crippen molar-refractivity contribution in [3.63, 3.8) is 0 Å². The summed E-state index contributed by atoms with van der Waals surface area (Å²) in [6.45, 7) is 2.73. The lowest BCUT2D eigenvalue weighted by atomic mass is 10.2. The van der Waals surface area contributed by atoms with E-state index < -0.39 is 7.82 Å². The Kier molecular flexibility index (Phi) is 3.10. The van der Waals surface area contributed by atoms with Gasteiger partial charge in [-0.2, -0.15) is 4.57 Å². The first-order chi connectivity index (χ1) is 7.23. The largest absolute Gasteiger partial charge is 0.654 e. The molecule has 0 aromatic heterocycles. The first kappa shape index (κ1) is 10.7. The van der Waals surface area contributed by atoms with E-state index in [4.69, 9.17) is 18.3 Å². The van der Waals surface area contributed by atoms with Crippen molar-refractivity contribution in [3.05, 3.63) is 11.9 Å². The summed E-state index contributed by atoms with van der Waals surface area (Å²) in [6.07, 6.45) is 5.80. The van der Waals surface area contributed by atoms with Gasteiger partial charge in [0, 0.05) is 0 Å². The SMILES string of the molecule is CCCCCCCOC1=C2OP(=O)(O1)O2. The summed E-state index contributed by atoms with van der Waals surface area (Å²) >= 11 is 0. The van der Waals surface area contributed by atoms with Crippen LogP contribution in [0.5, 0.6) is 0 Å². The second kappa shape index (κ2) is 4.35. The molecule has 3 rings (SSSR count). The maximum atomic E-state index is 11.1. The Bertz CT molecular complexity index is 300. The van der Waals surface area contributed by atoms with Gasteiger partial charge in [-0.3, -0.25) is 0 Å². The van der Waals surface area contributed by atoms with Crippen molar-refractivity contribution in [1.82, 2.24) is 0 Å². The number of rotatable bonds is 7. The lowest BCUT2D eigenvalue weighted by Gasteiger charge is -2.14. The summed E-state index contributed by atoms with van der Waals surface area (Å²) in [5.74, 6) is 0.278. The zero-order valence-electron chi connectivity index (χ0n) is 8.73. The van der Waals surface area contributed by atoms with Crippen molar-refractivity contribution in [1.29, 1.82) is 0 Å². The summed E-state index contributed by atoms with van der Waals surface area (Å²) in [4.78, 5) is 0. The van der Waals surface area contributed by atoms with Crippen LogP contribution < -0.4 is 0 Å². The standard InChI is InChI=1S/C9H15O5P/c1-2-3-4-5-6-7-11-8-9-13-15(10,12-8)14-9/h2-7H2,1H3. The van der Waals surface area contributed by atoms with E-state index in [1.54, 1.807) is 0 Å². The Labute approximate surface area is 89.0 Å². The number of fused-ring (bicyclic) bond motifs is 1. The van der Waals surface area contributed by atoms with Gasteiger partial charge in [0.15, 0.2) is 0 Å². The molecule has 0 radical (unpaired) electrons. The smallest absolute Gasteiger partial charge is 0.460 e. The Balaban J connectivity index is 1.56. The van der Waals surface area contributed by atoms with Gasteiger partial charge in [0.2, 0.25) is 0 Å². The van der Waals surface area contributed by atoms with E-state index in [1.165, 1.54) is 19.3 Å². The fraction of sp³-hybridized carbons (Fsp3) is 0.778. The number of ether oxygens (including phenoxy) is 1. The van der Waals surface area contributed by atoms with Gasteiger partial charge in [-0.1, -0.05) is 32.6 Å². The molecule has 5 nitrogen and oxygen atoms in total. The van der Waals surface area contributed by atoms with E-state index in [1.807, 2.05) is 0 Å². The lowest BCUT2D eigenvalue weighted by Crippen LogP contribution is -2.00. The third-order valence-electron chi connectivity index (χ3n) is 2.23. The predicted molar refractivity (Wildman–Crippen MR) is 52.6 cm³/mol. The summed E-state index contributed by atoms with van der Waals surface area (Å²) in [5, 5.41) is 0. The molecular weight excluding hydrogens is 219 g/mol. The normalized spacial score (nSPS) is 20.1. The average molecular weight is 234 g/mol. The van der Waals surface area contributed by atoms with E-state index in [9.17, 15) is 4.57 Å². The molecule has 3 heterocycles. The molecule has 0 saturated carbocycles. The maximum absolute atomic E-state index is 11.1. The predicted octanol–water partition coefficient (Wildman–Crippen LogP) is 3.29. The van der Waals surface area contributed by atoms with Crippen LogP contribution in [0.1, 0.15) is 39.0 Å². The number of hydrogen-bond acceptors (Lipinski definition) is 5. The van der Waals surface area contributed by atoms with Crippen molar-refractivity contribution >= 4 is 7.82 Å². The Hall–Kier alpha value is -0.830. The van der Waals surface area contributed by atoms with Gasteiger partial charge in [-0.05, 0) is 6.42 Å². The first-order valence-electron chi connectivity index (χ1n) is 5.29. The monoisotopic (exact) mass is 234 g/mol. The highest BCUT2D eigenvalue weighted by Gasteiger charge is 2.57. The van der Waals surface area contributed by atoms with Gasteiger partial charge < -0.3 is 18.3 Å². The van der Waals surface area contributed by atoms with Crippen molar-refractivity contribution < 1.29 is 22.9 Å². The molecule has 0 N–H and O–H groups in total. The van der Waals surface area contributed by atoms with Gasteiger partial charge in [-0.15, -0.1) is 0 Å². The molecule has 1 saturated heterocycles. The fourth-order valence-corrected chi connectivity index (χ4v) is 2.39. The molecular formula is C9H15O5P. The molecule has 0 aromatic carbocycles. The van der Waals surface area contributed by atoms with E-state index >= 15 is 0 Å². The second-order valence-electron chi connectivity index (χ2n) is 3.56. The minimum Gasteiger partial charge on any atom is -0.460 e. The highest BCUT2D eigenvalue weighted by atomic mass is 31.2. The van der Waals surface area contributed by atoms with Gasteiger partial charge in [0.1, 0.15) is 0 Å². The van der Waals surface area contributed by atoms with E-state index in [0.717, 1.165) is 12.8 Å². The molecule has 0 amide bonds. The molecule has 0 aliphatic carbocycles. The van der Waals surface area contributed by atoms with Crippen LogP contribution in [-0.4, -0.2) is 6.61 Å². The molecule has 0 aromatic rings. The van der Waals surface area contributed by atoms with Crippen LogP contribution in [0.25, 0.3) is 0 Å². The molecule has 6 heteroatoms. The van der Waals surface area contributed by atoms with Crippen LogP contribution in [0.4, 0.5) is 0 Å². The van der Waals surface area contributed by atoms with Crippen molar-refractivity contribution in [3.8, 4) is 0 Å². The Morgan fingerprint density at radius 2 is 1.87 bits per heavy atom. The van der Waals surface area contributed by atoms with Crippen molar-refractivity contribution in [2.75, 3.05) is 6.61 Å². The number of phosphoric acid groups is 1.